The second-order valence-corrected chi connectivity index (χ2v) is 6.77. The molecule has 0 saturated carbocycles. The number of piperidine rings is 1. The van der Waals surface area contributed by atoms with Gasteiger partial charge in [0.1, 0.15) is 0 Å². The van der Waals surface area contributed by atoms with Crippen molar-refractivity contribution in [2.75, 3.05) is 39.1 Å². The van der Waals surface area contributed by atoms with Gasteiger partial charge in [0.15, 0.2) is 0 Å². The van der Waals surface area contributed by atoms with Crippen LogP contribution in [-0.4, -0.2) is 45.2 Å². The van der Waals surface area contributed by atoms with Crippen LogP contribution in [-0.2, 0) is 0 Å². The van der Waals surface area contributed by atoms with Crippen molar-refractivity contribution in [3.8, 4) is 0 Å². The summed E-state index contributed by atoms with van der Waals surface area (Å²) in [5.74, 6) is 0. The maximum Gasteiger partial charge on any atom is 0.0425 e. The molecule has 1 aliphatic heterocycles. The first-order valence-electron chi connectivity index (χ1n) is 7.41. The van der Waals surface area contributed by atoms with Crippen molar-refractivity contribution in [3.05, 3.63) is 28.2 Å². The van der Waals surface area contributed by atoms with Crippen LogP contribution in [0.3, 0.4) is 0 Å². The summed E-state index contributed by atoms with van der Waals surface area (Å²) in [7, 11) is 6.47. The fourth-order valence-electron chi connectivity index (χ4n) is 2.92. The second kappa shape index (κ2) is 6.92. The Hall–Kier alpha value is -0.580. The summed E-state index contributed by atoms with van der Waals surface area (Å²) in [4.78, 5) is 4.89. The van der Waals surface area contributed by atoms with Crippen molar-refractivity contribution in [1.82, 2.24) is 10.2 Å². The van der Waals surface area contributed by atoms with Gasteiger partial charge in [0.05, 0.1) is 0 Å². The van der Waals surface area contributed by atoms with Crippen LogP contribution in [0.5, 0.6) is 0 Å². The summed E-state index contributed by atoms with van der Waals surface area (Å²) >= 11 is 3.61. The molecule has 112 valence electrons. The molecule has 1 fully saturated rings. The first kappa shape index (κ1) is 15.8. The number of halogens is 1. The van der Waals surface area contributed by atoms with Gasteiger partial charge in [-0.3, -0.25) is 0 Å². The van der Waals surface area contributed by atoms with E-state index in [2.05, 4.69) is 70.3 Å². The molecular weight excluding hydrogens is 314 g/mol. The Morgan fingerprint density at radius 2 is 2.00 bits per heavy atom. The minimum Gasteiger partial charge on any atom is -0.371 e. The van der Waals surface area contributed by atoms with E-state index in [0.29, 0.717) is 12.1 Å². The topological polar surface area (TPSA) is 18.5 Å². The van der Waals surface area contributed by atoms with Crippen LogP contribution in [0.25, 0.3) is 0 Å². The standard InChI is InChI=1S/C16H26BrN3/c1-12(18-2)15-6-5-13(17)11-16(15)20(4)14-7-9-19(3)10-8-14/h5-6,11-12,14,18H,7-10H2,1-4H3. The van der Waals surface area contributed by atoms with E-state index in [1.54, 1.807) is 0 Å². The number of anilines is 1. The predicted molar refractivity (Wildman–Crippen MR) is 90.5 cm³/mol. The number of rotatable bonds is 4. The fraction of sp³-hybridized carbons (Fsp3) is 0.625. The number of hydrogen-bond acceptors (Lipinski definition) is 3. The zero-order chi connectivity index (χ0) is 14.7. The van der Waals surface area contributed by atoms with Gasteiger partial charge in [-0.05, 0) is 64.6 Å². The van der Waals surface area contributed by atoms with E-state index < -0.39 is 0 Å². The maximum absolute atomic E-state index is 3.61. The monoisotopic (exact) mass is 339 g/mol. The van der Waals surface area contributed by atoms with Crippen molar-refractivity contribution < 1.29 is 0 Å². The number of nitrogens with one attached hydrogen (secondary N) is 1. The molecule has 1 N–H and O–H groups in total. The molecule has 1 saturated heterocycles. The van der Waals surface area contributed by atoms with Crippen LogP contribution in [0, 0.1) is 0 Å². The van der Waals surface area contributed by atoms with E-state index >= 15 is 0 Å². The van der Waals surface area contributed by atoms with Gasteiger partial charge in [0.2, 0.25) is 0 Å². The summed E-state index contributed by atoms with van der Waals surface area (Å²) in [6, 6.07) is 7.62. The van der Waals surface area contributed by atoms with Gasteiger partial charge in [0, 0.05) is 29.3 Å². The van der Waals surface area contributed by atoms with Crippen molar-refractivity contribution in [2.24, 2.45) is 0 Å². The molecule has 0 radical (unpaired) electrons. The summed E-state index contributed by atoms with van der Waals surface area (Å²) in [5, 5.41) is 3.36. The van der Waals surface area contributed by atoms with Gasteiger partial charge in [-0.25, -0.2) is 0 Å². The lowest BCUT2D eigenvalue weighted by atomic mass is 10.00. The molecule has 1 aromatic carbocycles. The van der Waals surface area contributed by atoms with Crippen molar-refractivity contribution >= 4 is 21.6 Å². The molecule has 1 aliphatic rings. The number of hydrogen-bond donors (Lipinski definition) is 1. The van der Waals surface area contributed by atoms with E-state index in [1.807, 2.05) is 7.05 Å². The van der Waals surface area contributed by atoms with Crippen LogP contribution in [0.15, 0.2) is 22.7 Å². The number of likely N-dealkylation sites (tertiary alicyclic amines) is 1. The minimum absolute atomic E-state index is 0.367. The lowest BCUT2D eigenvalue weighted by Gasteiger charge is -2.38. The largest absolute Gasteiger partial charge is 0.371 e. The molecule has 1 aromatic rings. The highest BCUT2D eigenvalue weighted by atomic mass is 79.9. The highest BCUT2D eigenvalue weighted by Crippen LogP contribution is 2.31. The van der Waals surface area contributed by atoms with Crippen LogP contribution in [0.2, 0.25) is 0 Å². The maximum atomic E-state index is 3.61. The highest BCUT2D eigenvalue weighted by molar-refractivity contribution is 9.10. The molecule has 0 bridgehead atoms. The van der Waals surface area contributed by atoms with E-state index in [-0.39, 0.29) is 0 Å². The van der Waals surface area contributed by atoms with E-state index in [1.165, 1.54) is 37.2 Å². The third kappa shape index (κ3) is 3.54. The Kier molecular flexibility index (Phi) is 5.47. The molecule has 1 heterocycles. The fourth-order valence-corrected chi connectivity index (χ4v) is 3.27. The third-order valence-electron chi connectivity index (χ3n) is 4.51. The van der Waals surface area contributed by atoms with Crippen molar-refractivity contribution in [1.29, 1.82) is 0 Å². The molecule has 3 nitrogen and oxygen atoms in total. The number of benzene rings is 1. The van der Waals surface area contributed by atoms with Crippen LogP contribution >= 0.6 is 15.9 Å². The Labute approximate surface area is 131 Å². The van der Waals surface area contributed by atoms with Gasteiger partial charge in [-0.1, -0.05) is 22.0 Å². The Morgan fingerprint density at radius 1 is 1.35 bits per heavy atom. The molecule has 1 unspecified atom stereocenters. The molecule has 0 spiro atoms. The third-order valence-corrected chi connectivity index (χ3v) is 5.00. The summed E-state index contributed by atoms with van der Waals surface area (Å²) in [6.45, 7) is 4.61. The molecular formula is C16H26BrN3. The van der Waals surface area contributed by atoms with Gasteiger partial charge in [-0.15, -0.1) is 0 Å². The lowest BCUT2D eigenvalue weighted by Crippen LogP contribution is -2.42. The van der Waals surface area contributed by atoms with Crippen LogP contribution < -0.4 is 10.2 Å². The first-order chi connectivity index (χ1) is 9.52. The first-order valence-corrected chi connectivity index (χ1v) is 8.20. The van der Waals surface area contributed by atoms with E-state index in [4.69, 9.17) is 0 Å². The molecule has 0 amide bonds. The van der Waals surface area contributed by atoms with Gasteiger partial charge in [0.25, 0.3) is 0 Å². The Bertz CT molecular complexity index is 441. The zero-order valence-electron chi connectivity index (χ0n) is 13.0. The second-order valence-electron chi connectivity index (χ2n) is 5.86. The normalized spacial score (nSPS) is 19.1. The average Bonchev–Trinajstić information content (AvgIpc) is 2.46. The molecule has 0 aliphatic carbocycles. The molecule has 0 aromatic heterocycles. The van der Waals surface area contributed by atoms with Gasteiger partial charge in [-0.2, -0.15) is 0 Å². The summed E-state index contributed by atoms with van der Waals surface area (Å²) in [6.07, 6.45) is 2.49. The van der Waals surface area contributed by atoms with E-state index in [9.17, 15) is 0 Å². The molecule has 1 atom stereocenters. The van der Waals surface area contributed by atoms with E-state index in [0.717, 1.165) is 4.47 Å². The molecule has 2 rings (SSSR count). The van der Waals surface area contributed by atoms with Gasteiger partial charge < -0.3 is 15.1 Å². The smallest absolute Gasteiger partial charge is 0.0425 e. The van der Waals surface area contributed by atoms with Crippen LogP contribution in [0.1, 0.15) is 31.4 Å². The summed E-state index contributed by atoms with van der Waals surface area (Å²) in [5.41, 5.74) is 2.72. The highest BCUT2D eigenvalue weighted by Gasteiger charge is 2.23. The number of nitrogens with zero attached hydrogens (tertiary/aromatic N) is 2. The Morgan fingerprint density at radius 3 is 2.60 bits per heavy atom. The zero-order valence-corrected chi connectivity index (χ0v) is 14.6. The lowest BCUT2D eigenvalue weighted by molar-refractivity contribution is 0.252. The minimum atomic E-state index is 0.367. The predicted octanol–water partition coefficient (Wildman–Crippen LogP) is 3.26. The van der Waals surface area contributed by atoms with Crippen LogP contribution in [0.4, 0.5) is 5.69 Å². The van der Waals surface area contributed by atoms with Crippen molar-refractivity contribution in [2.45, 2.75) is 31.8 Å². The Balaban J connectivity index is 2.23. The average molecular weight is 340 g/mol. The molecule has 4 heteroatoms. The molecule has 20 heavy (non-hydrogen) atoms. The van der Waals surface area contributed by atoms with Gasteiger partial charge >= 0.3 is 0 Å². The summed E-state index contributed by atoms with van der Waals surface area (Å²) < 4.78 is 1.15. The SMILES string of the molecule is CNC(C)c1ccc(Br)cc1N(C)C1CCN(C)CC1. The van der Waals surface area contributed by atoms with Crippen molar-refractivity contribution in [3.63, 3.8) is 0 Å². The quantitative estimate of drug-likeness (QED) is 0.908.